The van der Waals surface area contributed by atoms with Crippen LogP contribution in [0.2, 0.25) is 0 Å². The maximum atomic E-state index is 11.9. The van der Waals surface area contributed by atoms with Gasteiger partial charge in [-0.05, 0) is 12.0 Å². The minimum Gasteiger partial charge on any atom is -0.295 e. The van der Waals surface area contributed by atoms with Gasteiger partial charge in [-0.15, -0.1) is 0 Å². The van der Waals surface area contributed by atoms with E-state index in [1.54, 1.807) is 16.8 Å². The number of aryl methyl sites for hydroxylation is 1. The van der Waals surface area contributed by atoms with E-state index in [9.17, 15) is 14.9 Å². The van der Waals surface area contributed by atoms with Gasteiger partial charge >= 0.3 is 0 Å². The summed E-state index contributed by atoms with van der Waals surface area (Å²) in [6, 6.07) is 5.90. The Morgan fingerprint density at radius 1 is 1.41 bits per heavy atom. The van der Waals surface area contributed by atoms with Gasteiger partial charge in [0.05, 0.1) is 17.4 Å². The third-order valence-electron chi connectivity index (χ3n) is 3.56. The van der Waals surface area contributed by atoms with Gasteiger partial charge in [-0.3, -0.25) is 20.2 Å². The van der Waals surface area contributed by atoms with Crippen molar-refractivity contribution in [1.82, 2.24) is 14.8 Å². The summed E-state index contributed by atoms with van der Waals surface area (Å²) in [5, 5.41) is 17.9. The maximum Gasteiger partial charge on any atom is 0.269 e. The molecule has 0 saturated heterocycles. The summed E-state index contributed by atoms with van der Waals surface area (Å²) in [6.07, 6.45) is 1.89. The molecule has 1 atom stereocenters. The lowest BCUT2D eigenvalue weighted by Crippen LogP contribution is -2.29. The molecule has 0 aliphatic carbocycles. The fourth-order valence-electron chi connectivity index (χ4n) is 2.51. The van der Waals surface area contributed by atoms with Crippen molar-refractivity contribution in [1.29, 1.82) is 0 Å². The lowest BCUT2D eigenvalue weighted by molar-refractivity contribution is -0.384. The van der Waals surface area contributed by atoms with Crippen LogP contribution in [0.3, 0.4) is 0 Å². The van der Waals surface area contributed by atoms with E-state index in [1.165, 1.54) is 12.1 Å². The van der Waals surface area contributed by atoms with E-state index in [-0.39, 0.29) is 24.1 Å². The molecule has 0 spiro atoms. The molecule has 1 unspecified atom stereocenters. The van der Waals surface area contributed by atoms with E-state index in [4.69, 9.17) is 0 Å². The van der Waals surface area contributed by atoms with Crippen molar-refractivity contribution < 1.29 is 9.72 Å². The number of hydrogen-bond donors (Lipinski definition) is 1. The third kappa shape index (κ3) is 2.54. The number of hydrogen-bond acceptors (Lipinski definition) is 5. The van der Waals surface area contributed by atoms with Gasteiger partial charge in [0.2, 0.25) is 11.9 Å². The van der Waals surface area contributed by atoms with Crippen LogP contribution in [-0.2, 0) is 11.2 Å². The largest absolute Gasteiger partial charge is 0.295 e. The van der Waals surface area contributed by atoms with Crippen molar-refractivity contribution in [3.05, 3.63) is 45.8 Å². The number of nitrogens with one attached hydrogen (secondary N) is 1. The zero-order valence-corrected chi connectivity index (χ0v) is 12.0. The number of carbonyl (C=O) groups is 1. The fourth-order valence-corrected chi connectivity index (χ4v) is 2.51. The van der Waals surface area contributed by atoms with Crippen LogP contribution in [0.1, 0.15) is 37.2 Å². The Labute approximate surface area is 126 Å². The number of amides is 1. The van der Waals surface area contributed by atoms with Crippen LogP contribution in [0, 0.1) is 10.1 Å². The molecule has 1 aromatic carbocycles. The molecule has 0 bridgehead atoms. The molecule has 114 valence electrons. The smallest absolute Gasteiger partial charge is 0.269 e. The number of anilines is 1. The zero-order chi connectivity index (χ0) is 15.7. The highest BCUT2D eigenvalue weighted by atomic mass is 16.6. The molecule has 8 heteroatoms. The minimum atomic E-state index is -0.447. The summed E-state index contributed by atoms with van der Waals surface area (Å²) in [4.78, 5) is 26.5. The molecule has 1 aromatic heterocycles. The predicted molar refractivity (Wildman–Crippen MR) is 78.5 cm³/mol. The van der Waals surface area contributed by atoms with Crippen molar-refractivity contribution >= 4 is 17.5 Å². The number of rotatable bonds is 4. The first-order chi connectivity index (χ1) is 10.6. The van der Waals surface area contributed by atoms with Crippen molar-refractivity contribution in [3.8, 4) is 0 Å². The van der Waals surface area contributed by atoms with E-state index in [1.807, 2.05) is 6.92 Å². The fraction of sp³-hybridized carbons (Fsp3) is 0.357. The van der Waals surface area contributed by atoms with Gasteiger partial charge in [0, 0.05) is 18.6 Å². The molecule has 0 saturated carbocycles. The number of benzene rings is 1. The van der Waals surface area contributed by atoms with Crippen LogP contribution < -0.4 is 5.32 Å². The second kappa shape index (κ2) is 5.55. The Balaban J connectivity index is 1.97. The Morgan fingerprint density at radius 2 is 2.14 bits per heavy atom. The highest BCUT2D eigenvalue weighted by molar-refractivity contribution is 5.91. The monoisotopic (exact) mass is 301 g/mol. The van der Waals surface area contributed by atoms with Crippen LogP contribution >= 0.6 is 0 Å². The number of non-ortho nitro benzene ring substituents is 1. The zero-order valence-electron chi connectivity index (χ0n) is 12.0. The van der Waals surface area contributed by atoms with Gasteiger partial charge in [0.25, 0.3) is 5.69 Å². The van der Waals surface area contributed by atoms with Crippen LogP contribution in [-0.4, -0.2) is 25.6 Å². The molecule has 1 N–H and O–H groups in total. The average Bonchev–Trinajstić information content (AvgIpc) is 2.89. The Bertz CT molecular complexity index is 723. The minimum absolute atomic E-state index is 0.0227. The van der Waals surface area contributed by atoms with Gasteiger partial charge in [0.15, 0.2) is 5.82 Å². The summed E-state index contributed by atoms with van der Waals surface area (Å²) in [6.45, 7) is 2.03. The highest BCUT2D eigenvalue weighted by Crippen LogP contribution is 2.30. The first-order valence-electron chi connectivity index (χ1n) is 7.08. The number of nitro benzene ring substituents is 1. The van der Waals surface area contributed by atoms with Crippen LogP contribution in [0.4, 0.5) is 11.6 Å². The molecule has 2 aromatic rings. The predicted octanol–water partition coefficient (Wildman–Crippen LogP) is 2.07. The van der Waals surface area contributed by atoms with Crippen molar-refractivity contribution in [2.24, 2.45) is 0 Å². The quantitative estimate of drug-likeness (QED) is 0.687. The standard InChI is InChI=1S/C14H15N5O3/c1-2-3-12-15-14-16-13(20)8-11(18(14)17-12)9-4-6-10(7-5-9)19(21)22/h4-7,11H,2-3,8H2,1H3,(H,15,16,17,20). The number of nitrogens with zero attached hydrogens (tertiary/aromatic N) is 4. The normalized spacial score (nSPS) is 17.0. The summed E-state index contributed by atoms with van der Waals surface area (Å²) in [5.74, 6) is 0.987. The number of nitro groups is 1. The van der Waals surface area contributed by atoms with Gasteiger partial charge in [0.1, 0.15) is 0 Å². The van der Waals surface area contributed by atoms with Gasteiger partial charge in [-0.2, -0.15) is 10.1 Å². The molecular formula is C14H15N5O3. The third-order valence-corrected chi connectivity index (χ3v) is 3.56. The molecular weight excluding hydrogens is 286 g/mol. The van der Waals surface area contributed by atoms with Crippen molar-refractivity contribution in [2.75, 3.05) is 5.32 Å². The molecule has 0 radical (unpaired) electrons. The topological polar surface area (TPSA) is 103 Å². The Kier molecular flexibility index (Phi) is 3.58. The lowest BCUT2D eigenvalue weighted by Gasteiger charge is -2.23. The highest BCUT2D eigenvalue weighted by Gasteiger charge is 2.29. The van der Waals surface area contributed by atoms with Crippen LogP contribution in [0.5, 0.6) is 0 Å². The van der Waals surface area contributed by atoms with E-state index < -0.39 is 4.92 Å². The summed E-state index contributed by atoms with van der Waals surface area (Å²) >= 11 is 0. The average molecular weight is 301 g/mol. The second-order valence-electron chi connectivity index (χ2n) is 5.16. The van der Waals surface area contributed by atoms with Crippen LogP contribution in [0.15, 0.2) is 24.3 Å². The SMILES string of the molecule is CCCc1nc2n(n1)C(c1ccc([N+](=O)[O-])cc1)CC(=O)N2. The van der Waals surface area contributed by atoms with E-state index >= 15 is 0 Å². The van der Waals surface area contributed by atoms with Gasteiger partial charge in [-0.25, -0.2) is 4.68 Å². The molecule has 1 amide bonds. The molecule has 1 aliphatic heterocycles. The molecule has 2 heterocycles. The van der Waals surface area contributed by atoms with Gasteiger partial charge in [-0.1, -0.05) is 19.1 Å². The number of fused-ring (bicyclic) bond motifs is 1. The maximum absolute atomic E-state index is 11.9. The first-order valence-corrected chi connectivity index (χ1v) is 7.08. The molecule has 1 aliphatic rings. The first kappa shape index (κ1) is 14.2. The lowest BCUT2D eigenvalue weighted by atomic mass is 10.0. The molecule has 0 fully saturated rings. The molecule has 3 rings (SSSR count). The Hall–Kier alpha value is -2.77. The van der Waals surface area contributed by atoms with E-state index in [0.29, 0.717) is 11.8 Å². The molecule has 8 nitrogen and oxygen atoms in total. The number of carbonyl (C=O) groups excluding carboxylic acids is 1. The van der Waals surface area contributed by atoms with Crippen LogP contribution in [0.25, 0.3) is 0 Å². The summed E-state index contributed by atoms with van der Waals surface area (Å²) in [7, 11) is 0. The van der Waals surface area contributed by atoms with Crippen molar-refractivity contribution in [2.45, 2.75) is 32.2 Å². The molecule has 22 heavy (non-hydrogen) atoms. The van der Waals surface area contributed by atoms with Gasteiger partial charge < -0.3 is 0 Å². The number of aromatic nitrogens is 3. The second-order valence-corrected chi connectivity index (χ2v) is 5.16. The van der Waals surface area contributed by atoms with E-state index in [0.717, 1.165) is 18.4 Å². The van der Waals surface area contributed by atoms with Crippen molar-refractivity contribution in [3.63, 3.8) is 0 Å². The Morgan fingerprint density at radius 3 is 2.77 bits per heavy atom. The summed E-state index contributed by atoms with van der Waals surface area (Å²) in [5.41, 5.74) is 0.823. The summed E-state index contributed by atoms with van der Waals surface area (Å²) < 4.78 is 1.69. The van der Waals surface area contributed by atoms with E-state index in [2.05, 4.69) is 15.4 Å².